The fraction of sp³-hybridized carbons (Fsp3) is 0.364. The van der Waals surface area contributed by atoms with Crippen LogP contribution in [-0.4, -0.2) is 22.8 Å². The van der Waals surface area contributed by atoms with E-state index in [0.717, 1.165) is 5.69 Å². The second kappa shape index (κ2) is 5.29. The Labute approximate surface area is 99.4 Å². The second-order valence-corrected chi connectivity index (χ2v) is 3.96. The van der Waals surface area contributed by atoms with Crippen LogP contribution in [0, 0.1) is 6.92 Å². The Balaban J connectivity index is 2.73. The number of hydrogen-bond donors (Lipinski definition) is 3. The predicted octanol–water partition coefficient (Wildman–Crippen LogP) is -0.0341. The molecule has 1 rings (SSSR count). The molecule has 1 unspecified atom stereocenters. The highest BCUT2D eigenvalue weighted by molar-refractivity contribution is 5.99. The molecule has 0 aliphatic carbocycles. The highest BCUT2D eigenvalue weighted by Crippen LogP contribution is 2.11. The van der Waals surface area contributed by atoms with E-state index in [0.29, 0.717) is 11.3 Å². The number of anilines is 1. The SMILES string of the molecule is Cc1cc(N)c(C(=O)NC(C)CC(N)=O)cn1. The molecule has 5 N–H and O–H groups in total. The first-order valence-electron chi connectivity index (χ1n) is 5.21. The van der Waals surface area contributed by atoms with Crippen LogP contribution in [0.25, 0.3) is 0 Å². The van der Waals surface area contributed by atoms with E-state index in [-0.39, 0.29) is 18.4 Å². The van der Waals surface area contributed by atoms with Crippen molar-refractivity contribution in [1.82, 2.24) is 10.3 Å². The van der Waals surface area contributed by atoms with Gasteiger partial charge < -0.3 is 16.8 Å². The van der Waals surface area contributed by atoms with Gasteiger partial charge in [-0.15, -0.1) is 0 Å². The maximum absolute atomic E-state index is 11.8. The molecule has 0 saturated carbocycles. The molecule has 1 aromatic heterocycles. The van der Waals surface area contributed by atoms with Gasteiger partial charge in [-0.25, -0.2) is 0 Å². The lowest BCUT2D eigenvalue weighted by Crippen LogP contribution is -2.36. The Morgan fingerprint density at radius 2 is 2.18 bits per heavy atom. The van der Waals surface area contributed by atoms with Crippen molar-refractivity contribution in [2.24, 2.45) is 5.73 Å². The molecule has 6 nitrogen and oxygen atoms in total. The van der Waals surface area contributed by atoms with Crippen molar-refractivity contribution in [1.29, 1.82) is 0 Å². The number of hydrogen-bond acceptors (Lipinski definition) is 4. The van der Waals surface area contributed by atoms with Crippen LogP contribution in [0.1, 0.15) is 29.4 Å². The summed E-state index contributed by atoms with van der Waals surface area (Å²) in [6.45, 7) is 3.48. The van der Waals surface area contributed by atoms with Gasteiger partial charge in [-0.2, -0.15) is 0 Å². The van der Waals surface area contributed by atoms with E-state index in [4.69, 9.17) is 11.5 Å². The summed E-state index contributed by atoms with van der Waals surface area (Å²) < 4.78 is 0. The lowest BCUT2D eigenvalue weighted by atomic mass is 10.1. The number of aryl methyl sites for hydroxylation is 1. The average Bonchev–Trinajstić information content (AvgIpc) is 2.15. The first-order valence-corrected chi connectivity index (χ1v) is 5.21. The van der Waals surface area contributed by atoms with Gasteiger partial charge in [-0.3, -0.25) is 14.6 Å². The lowest BCUT2D eigenvalue weighted by molar-refractivity contribution is -0.118. The van der Waals surface area contributed by atoms with E-state index in [1.54, 1.807) is 19.9 Å². The first-order chi connectivity index (χ1) is 7.90. The standard InChI is InChI=1S/C11H16N4O2/c1-6-3-9(12)8(5-14-6)11(17)15-7(2)4-10(13)16/h3,5,7H,4H2,1-2H3,(H2,12,14)(H2,13,16)(H,15,17). The number of nitrogens with zero attached hydrogens (tertiary/aromatic N) is 1. The number of carbonyl (C=O) groups is 2. The number of carbonyl (C=O) groups excluding carboxylic acids is 2. The van der Waals surface area contributed by atoms with E-state index in [2.05, 4.69) is 10.3 Å². The molecule has 0 spiro atoms. The average molecular weight is 236 g/mol. The molecule has 0 bridgehead atoms. The molecule has 0 radical (unpaired) electrons. The van der Waals surface area contributed by atoms with Crippen molar-refractivity contribution in [2.75, 3.05) is 5.73 Å². The fourth-order valence-electron chi connectivity index (χ4n) is 1.43. The van der Waals surface area contributed by atoms with Crippen LogP contribution < -0.4 is 16.8 Å². The minimum atomic E-state index is -0.465. The molecule has 1 aromatic rings. The largest absolute Gasteiger partial charge is 0.398 e. The minimum Gasteiger partial charge on any atom is -0.398 e. The maximum Gasteiger partial charge on any atom is 0.255 e. The van der Waals surface area contributed by atoms with Crippen molar-refractivity contribution in [3.05, 3.63) is 23.5 Å². The van der Waals surface area contributed by atoms with E-state index in [1.807, 2.05) is 0 Å². The number of amides is 2. The smallest absolute Gasteiger partial charge is 0.255 e. The van der Waals surface area contributed by atoms with Gasteiger partial charge in [0.1, 0.15) is 0 Å². The summed E-state index contributed by atoms with van der Waals surface area (Å²) in [5, 5.41) is 2.63. The summed E-state index contributed by atoms with van der Waals surface area (Å²) in [7, 11) is 0. The molecule has 1 heterocycles. The number of nitrogens with two attached hydrogens (primary N) is 2. The second-order valence-electron chi connectivity index (χ2n) is 3.96. The Hall–Kier alpha value is -2.11. The number of primary amides is 1. The molecule has 0 fully saturated rings. The summed E-state index contributed by atoms with van der Waals surface area (Å²) >= 11 is 0. The van der Waals surface area contributed by atoms with Gasteiger partial charge in [0.25, 0.3) is 5.91 Å². The van der Waals surface area contributed by atoms with Crippen LogP contribution in [0.2, 0.25) is 0 Å². The third-order valence-corrected chi connectivity index (χ3v) is 2.20. The molecule has 1 atom stereocenters. The van der Waals surface area contributed by atoms with Gasteiger partial charge in [-0.05, 0) is 19.9 Å². The van der Waals surface area contributed by atoms with Crippen molar-refractivity contribution in [2.45, 2.75) is 26.3 Å². The van der Waals surface area contributed by atoms with Gasteiger partial charge in [0, 0.05) is 30.0 Å². The molecular formula is C11H16N4O2. The normalized spacial score (nSPS) is 11.9. The number of aromatic nitrogens is 1. The summed E-state index contributed by atoms with van der Waals surface area (Å²) in [4.78, 5) is 26.5. The van der Waals surface area contributed by atoms with E-state index >= 15 is 0 Å². The van der Waals surface area contributed by atoms with Crippen LogP contribution in [0.5, 0.6) is 0 Å². The minimum absolute atomic E-state index is 0.0882. The van der Waals surface area contributed by atoms with Crippen LogP contribution in [0.3, 0.4) is 0 Å². The third-order valence-electron chi connectivity index (χ3n) is 2.20. The molecule has 2 amide bonds. The van der Waals surface area contributed by atoms with Crippen LogP contribution in [-0.2, 0) is 4.79 Å². The molecule has 0 aliphatic heterocycles. The zero-order chi connectivity index (χ0) is 13.0. The Kier molecular flexibility index (Phi) is 4.03. The maximum atomic E-state index is 11.8. The fourth-order valence-corrected chi connectivity index (χ4v) is 1.43. The van der Waals surface area contributed by atoms with Gasteiger partial charge in [0.2, 0.25) is 5.91 Å². The Morgan fingerprint density at radius 1 is 1.53 bits per heavy atom. The highest BCUT2D eigenvalue weighted by Gasteiger charge is 2.14. The monoisotopic (exact) mass is 236 g/mol. The lowest BCUT2D eigenvalue weighted by Gasteiger charge is -2.13. The van der Waals surface area contributed by atoms with Gasteiger partial charge in [-0.1, -0.05) is 0 Å². The topological polar surface area (TPSA) is 111 Å². The number of pyridine rings is 1. The molecule has 92 valence electrons. The van der Waals surface area contributed by atoms with Gasteiger partial charge in [0.15, 0.2) is 0 Å². The Morgan fingerprint density at radius 3 is 2.71 bits per heavy atom. The number of rotatable bonds is 4. The molecule has 0 aromatic carbocycles. The molecular weight excluding hydrogens is 220 g/mol. The summed E-state index contributed by atoms with van der Waals surface area (Å²) in [5.41, 5.74) is 12.1. The zero-order valence-corrected chi connectivity index (χ0v) is 9.86. The first kappa shape index (κ1) is 13.0. The third kappa shape index (κ3) is 3.75. The van der Waals surface area contributed by atoms with Gasteiger partial charge in [0.05, 0.1) is 5.56 Å². The molecule has 0 aliphatic rings. The molecule has 0 saturated heterocycles. The highest BCUT2D eigenvalue weighted by atomic mass is 16.2. The summed E-state index contributed by atoms with van der Waals surface area (Å²) in [6, 6.07) is 1.29. The quantitative estimate of drug-likeness (QED) is 0.681. The Bertz CT molecular complexity index is 445. The van der Waals surface area contributed by atoms with Crippen LogP contribution >= 0.6 is 0 Å². The number of nitrogens with one attached hydrogen (secondary N) is 1. The van der Waals surface area contributed by atoms with Crippen LogP contribution in [0.15, 0.2) is 12.3 Å². The van der Waals surface area contributed by atoms with Crippen molar-refractivity contribution < 1.29 is 9.59 Å². The van der Waals surface area contributed by atoms with E-state index < -0.39 is 5.91 Å². The van der Waals surface area contributed by atoms with Gasteiger partial charge >= 0.3 is 0 Å². The van der Waals surface area contributed by atoms with Crippen molar-refractivity contribution in [3.63, 3.8) is 0 Å². The number of nitrogen functional groups attached to an aromatic ring is 1. The molecule has 17 heavy (non-hydrogen) atoms. The predicted molar refractivity (Wildman–Crippen MR) is 64.1 cm³/mol. The summed E-state index contributed by atoms with van der Waals surface area (Å²) in [6.07, 6.45) is 1.50. The zero-order valence-electron chi connectivity index (χ0n) is 9.86. The van der Waals surface area contributed by atoms with Crippen LogP contribution in [0.4, 0.5) is 5.69 Å². The van der Waals surface area contributed by atoms with E-state index in [9.17, 15) is 9.59 Å². The molecule has 6 heteroatoms. The van der Waals surface area contributed by atoms with Crippen molar-refractivity contribution in [3.8, 4) is 0 Å². The van der Waals surface area contributed by atoms with Crippen molar-refractivity contribution >= 4 is 17.5 Å². The summed E-state index contributed by atoms with van der Waals surface area (Å²) in [5.74, 6) is -0.823. The van der Waals surface area contributed by atoms with E-state index in [1.165, 1.54) is 6.20 Å².